The van der Waals surface area contributed by atoms with Crippen LogP contribution in [0.3, 0.4) is 0 Å². The number of aromatic nitrogens is 4. The highest BCUT2D eigenvalue weighted by Gasteiger charge is 2.29. The summed E-state index contributed by atoms with van der Waals surface area (Å²) >= 11 is 0. The fourth-order valence-corrected chi connectivity index (χ4v) is 4.26. The molecule has 0 amide bonds. The van der Waals surface area contributed by atoms with Crippen molar-refractivity contribution in [2.24, 2.45) is 0 Å². The maximum absolute atomic E-state index is 10.2. The molecule has 0 saturated carbocycles. The first-order valence-corrected chi connectivity index (χ1v) is 11.3. The Kier molecular flexibility index (Phi) is 6.58. The van der Waals surface area contributed by atoms with Crippen LogP contribution >= 0.6 is 0 Å². The van der Waals surface area contributed by atoms with Gasteiger partial charge in [-0.15, -0.1) is 5.10 Å². The quantitative estimate of drug-likeness (QED) is 0.594. The van der Waals surface area contributed by atoms with Gasteiger partial charge in [-0.05, 0) is 38.8 Å². The Bertz CT molecular complexity index is 1080. The molecule has 0 aliphatic carbocycles. The zero-order chi connectivity index (χ0) is 23.6. The number of aliphatic hydroxyl groups excluding tert-OH is 1. The van der Waals surface area contributed by atoms with Gasteiger partial charge in [-0.2, -0.15) is 5.10 Å². The molecule has 1 fully saturated rings. The lowest BCUT2D eigenvalue weighted by Crippen LogP contribution is -2.53. The Morgan fingerprint density at radius 1 is 1.06 bits per heavy atom. The first kappa shape index (κ1) is 23.1. The third-order valence-corrected chi connectivity index (χ3v) is 6.28. The Balaban J connectivity index is 1.51. The van der Waals surface area contributed by atoms with E-state index in [1.165, 1.54) is 5.56 Å². The van der Waals surface area contributed by atoms with E-state index in [4.69, 9.17) is 0 Å². The number of piperazine rings is 1. The molecule has 4 rings (SSSR count). The molecule has 8 nitrogen and oxygen atoms in total. The zero-order valence-corrected chi connectivity index (χ0v) is 19.7. The number of benzene rings is 1. The molecule has 3 aromatic rings. The lowest BCUT2D eigenvalue weighted by Gasteiger charge is -2.41. The van der Waals surface area contributed by atoms with Crippen LogP contribution in [0.2, 0.25) is 0 Å². The Morgan fingerprint density at radius 2 is 1.82 bits per heavy atom. The lowest BCUT2D eigenvalue weighted by atomic mass is 10.0. The number of rotatable bonds is 6. The maximum Gasteiger partial charge on any atom is 0.157 e. The molecule has 33 heavy (non-hydrogen) atoms. The van der Waals surface area contributed by atoms with Crippen molar-refractivity contribution < 1.29 is 10.2 Å². The van der Waals surface area contributed by atoms with Crippen molar-refractivity contribution in [1.82, 2.24) is 20.2 Å². The maximum atomic E-state index is 10.2. The molecule has 1 aliphatic heterocycles. The molecule has 3 heterocycles. The van der Waals surface area contributed by atoms with E-state index in [1.54, 1.807) is 26.2 Å². The van der Waals surface area contributed by atoms with E-state index in [2.05, 4.69) is 49.0 Å². The minimum Gasteiger partial charge on any atom is -0.392 e. The normalized spacial score (nSPS) is 16.8. The molecule has 2 N–H and O–H groups in total. The molecular weight excluding hydrogens is 416 g/mol. The van der Waals surface area contributed by atoms with Crippen molar-refractivity contribution in [3.8, 4) is 0 Å². The fourth-order valence-electron chi connectivity index (χ4n) is 4.26. The van der Waals surface area contributed by atoms with Crippen molar-refractivity contribution in [2.75, 3.05) is 29.4 Å². The Hall–Kier alpha value is -3.10. The summed E-state index contributed by atoms with van der Waals surface area (Å²) < 4.78 is 0. The second-order valence-electron chi connectivity index (χ2n) is 9.20. The van der Waals surface area contributed by atoms with Crippen LogP contribution in [0.4, 0.5) is 11.6 Å². The third kappa shape index (κ3) is 4.96. The number of hydrogen-bond donors (Lipinski definition) is 2. The van der Waals surface area contributed by atoms with E-state index in [0.717, 1.165) is 48.1 Å². The van der Waals surface area contributed by atoms with Gasteiger partial charge in [-0.3, -0.25) is 4.98 Å². The minimum atomic E-state index is -1.01. The van der Waals surface area contributed by atoms with Gasteiger partial charge in [-0.25, -0.2) is 4.98 Å². The van der Waals surface area contributed by atoms with Crippen LogP contribution in [-0.4, -0.2) is 56.1 Å². The van der Waals surface area contributed by atoms with Crippen LogP contribution in [0.1, 0.15) is 48.8 Å². The summed E-state index contributed by atoms with van der Waals surface area (Å²) in [5.41, 5.74) is 3.43. The molecule has 1 atom stereocenters. The third-order valence-electron chi connectivity index (χ3n) is 6.28. The average molecular weight is 449 g/mol. The second-order valence-corrected chi connectivity index (χ2v) is 9.20. The van der Waals surface area contributed by atoms with Gasteiger partial charge in [0.05, 0.1) is 30.4 Å². The molecular formula is C25H32N6O2. The van der Waals surface area contributed by atoms with Gasteiger partial charge in [0.25, 0.3) is 0 Å². The van der Waals surface area contributed by atoms with Crippen molar-refractivity contribution in [3.63, 3.8) is 0 Å². The summed E-state index contributed by atoms with van der Waals surface area (Å²) in [4.78, 5) is 13.3. The van der Waals surface area contributed by atoms with Gasteiger partial charge in [-0.1, -0.05) is 30.3 Å². The Labute approximate surface area is 195 Å². The predicted molar refractivity (Wildman–Crippen MR) is 128 cm³/mol. The standard InChI is InChI=1S/C25H32N6O2/c1-17-15-30(10-11-31(17)23-14-26-22(13-27-23)25(3,4)33)24-20(16-32)18(2)21(28-29-24)12-19-8-6-5-7-9-19/h5-9,13-14,17,32-33H,10-12,15-16H2,1-4H3/t17-/m1/s1. The molecule has 0 radical (unpaired) electrons. The topological polar surface area (TPSA) is 98.5 Å². The number of aliphatic hydroxyl groups is 2. The smallest absolute Gasteiger partial charge is 0.157 e. The van der Waals surface area contributed by atoms with E-state index in [9.17, 15) is 10.2 Å². The van der Waals surface area contributed by atoms with E-state index in [1.807, 2.05) is 25.1 Å². The van der Waals surface area contributed by atoms with E-state index in [0.29, 0.717) is 12.1 Å². The average Bonchev–Trinajstić information content (AvgIpc) is 2.80. The molecule has 2 aromatic heterocycles. The Morgan fingerprint density at radius 3 is 2.42 bits per heavy atom. The summed E-state index contributed by atoms with van der Waals surface area (Å²) in [6, 6.07) is 10.3. The monoisotopic (exact) mass is 448 g/mol. The molecule has 0 spiro atoms. The largest absolute Gasteiger partial charge is 0.392 e. The predicted octanol–water partition coefficient (Wildman–Crippen LogP) is 2.60. The highest BCUT2D eigenvalue weighted by atomic mass is 16.3. The van der Waals surface area contributed by atoms with Gasteiger partial charge in [0, 0.05) is 37.7 Å². The molecule has 0 bridgehead atoms. The summed E-state index contributed by atoms with van der Waals surface area (Å²) in [7, 11) is 0. The SMILES string of the molecule is Cc1c(Cc2ccccc2)nnc(N2CCN(c3cnc(C(C)(C)O)cn3)[C@H](C)C2)c1CO. The summed E-state index contributed by atoms with van der Waals surface area (Å²) in [6.45, 7) is 9.69. The van der Waals surface area contributed by atoms with Crippen LogP contribution in [0.5, 0.6) is 0 Å². The molecule has 8 heteroatoms. The minimum absolute atomic E-state index is 0.0725. The highest BCUT2D eigenvalue weighted by molar-refractivity contribution is 5.53. The fraction of sp³-hybridized carbons (Fsp3) is 0.440. The molecule has 1 saturated heterocycles. The first-order chi connectivity index (χ1) is 15.8. The van der Waals surface area contributed by atoms with Gasteiger partial charge < -0.3 is 20.0 Å². The van der Waals surface area contributed by atoms with Crippen LogP contribution in [0.15, 0.2) is 42.7 Å². The number of nitrogens with zero attached hydrogens (tertiary/aromatic N) is 6. The zero-order valence-electron chi connectivity index (χ0n) is 19.7. The van der Waals surface area contributed by atoms with Crippen molar-refractivity contribution in [1.29, 1.82) is 0 Å². The number of anilines is 2. The summed E-state index contributed by atoms with van der Waals surface area (Å²) in [5, 5.41) is 29.4. The molecule has 174 valence electrons. The molecule has 0 unspecified atom stereocenters. The van der Waals surface area contributed by atoms with E-state index >= 15 is 0 Å². The highest BCUT2D eigenvalue weighted by Crippen LogP contribution is 2.27. The van der Waals surface area contributed by atoms with Gasteiger partial charge in [0.1, 0.15) is 11.4 Å². The summed E-state index contributed by atoms with van der Waals surface area (Å²) in [6.07, 6.45) is 4.05. The van der Waals surface area contributed by atoms with Crippen molar-refractivity contribution >= 4 is 11.6 Å². The second kappa shape index (κ2) is 9.41. The van der Waals surface area contributed by atoms with Crippen LogP contribution in [0.25, 0.3) is 0 Å². The van der Waals surface area contributed by atoms with Crippen LogP contribution in [0, 0.1) is 6.92 Å². The van der Waals surface area contributed by atoms with E-state index < -0.39 is 5.60 Å². The van der Waals surface area contributed by atoms with Gasteiger partial charge >= 0.3 is 0 Å². The first-order valence-electron chi connectivity index (χ1n) is 11.3. The van der Waals surface area contributed by atoms with Crippen molar-refractivity contribution in [3.05, 3.63) is 70.8 Å². The van der Waals surface area contributed by atoms with Gasteiger partial charge in [0.2, 0.25) is 0 Å². The van der Waals surface area contributed by atoms with Gasteiger partial charge in [0.15, 0.2) is 5.82 Å². The van der Waals surface area contributed by atoms with E-state index in [-0.39, 0.29) is 12.6 Å². The summed E-state index contributed by atoms with van der Waals surface area (Å²) in [5.74, 6) is 1.54. The molecule has 1 aromatic carbocycles. The number of hydrogen-bond acceptors (Lipinski definition) is 8. The lowest BCUT2D eigenvalue weighted by molar-refractivity contribution is 0.0734. The van der Waals surface area contributed by atoms with Crippen LogP contribution in [-0.2, 0) is 18.6 Å². The van der Waals surface area contributed by atoms with Crippen LogP contribution < -0.4 is 9.80 Å². The molecule has 1 aliphatic rings. The van der Waals surface area contributed by atoms with Crippen molar-refractivity contribution in [2.45, 2.75) is 52.4 Å².